The first-order valence-corrected chi connectivity index (χ1v) is 8.90. The number of H-pyrrole nitrogens is 2. The van der Waals surface area contributed by atoms with Gasteiger partial charge in [0.05, 0.1) is 34.7 Å². The molecule has 2 atom stereocenters. The van der Waals surface area contributed by atoms with Crippen LogP contribution in [0, 0.1) is 11.8 Å². The zero-order chi connectivity index (χ0) is 19.2. The normalized spacial score (nSPS) is 16.2. The first kappa shape index (κ1) is 18.6. The highest BCUT2D eigenvalue weighted by atomic mass is 16.5. The highest BCUT2D eigenvalue weighted by Gasteiger charge is 2.36. The standard InChI is InChI=1S/C20H26N2O4/c1-9(2)19(25-5)13-7-11-15(21-13)18(24)12-8-14(20(26-6)10(3)4)22-16(12)17(11)23/h7-10,19-22H,1-6H3/t19-,20+. The van der Waals surface area contributed by atoms with Gasteiger partial charge in [-0.25, -0.2) is 0 Å². The molecule has 0 bridgehead atoms. The topological polar surface area (TPSA) is 84.2 Å². The summed E-state index contributed by atoms with van der Waals surface area (Å²) in [6, 6.07) is 3.48. The van der Waals surface area contributed by atoms with Gasteiger partial charge in [-0.05, 0) is 24.0 Å². The van der Waals surface area contributed by atoms with E-state index in [1.54, 1.807) is 26.4 Å². The molecule has 2 aromatic heterocycles. The Morgan fingerprint density at radius 3 is 1.35 bits per heavy atom. The number of aromatic amines is 2. The summed E-state index contributed by atoms with van der Waals surface area (Å²) in [5.74, 6) is 0.0626. The molecule has 0 aliphatic heterocycles. The lowest BCUT2D eigenvalue weighted by Gasteiger charge is -2.17. The van der Waals surface area contributed by atoms with Crippen LogP contribution in [0.25, 0.3) is 0 Å². The molecule has 26 heavy (non-hydrogen) atoms. The Kier molecular flexibility index (Phi) is 4.90. The van der Waals surface area contributed by atoms with Crippen molar-refractivity contribution in [1.29, 1.82) is 0 Å². The van der Waals surface area contributed by atoms with E-state index in [9.17, 15) is 9.59 Å². The van der Waals surface area contributed by atoms with E-state index in [0.717, 1.165) is 11.4 Å². The van der Waals surface area contributed by atoms with Crippen molar-refractivity contribution in [3.05, 3.63) is 46.0 Å². The van der Waals surface area contributed by atoms with E-state index in [4.69, 9.17) is 9.47 Å². The Bertz CT molecular complexity index is 727. The van der Waals surface area contributed by atoms with Crippen molar-refractivity contribution < 1.29 is 19.1 Å². The van der Waals surface area contributed by atoms with Gasteiger partial charge in [0.1, 0.15) is 0 Å². The summed E-state index contributed by atoms with van der Waals surface area (Å²) in [5, 5.41) is 0. The Labute approximate surface area is 153 Å². The Morgan fingerprint density at radius 2 is 1.08 bits per heavy atom. The van der Waals surface area contributed by atoms with Crippen LogP contribution in [0.4, 0.5) is 0 Å². The van der Waals surface area contributed by atoms with E-state index in [0.29, 0.717) is 22.5 Å². The van der Waals surface area contributed by atoms with Gasteiger partial charge in [-0.2, -0.15) is 0 Å². The van der Waals surface area contributed by atoms with E-state index in [1.807, 2.05) is 27.7 Å². The molecule has 0 fully saturated rings. The molecule has 140 valence electrons. The van der Waals surface area contributed by atoms with Crippen molar-refractivity contribution in [2.24, 2.45) is 11.8 Å². The average Bonchev–Trinajstić information content (AvgIpc) is 3.19. The molecular formula is C20H26N2O4. The number of carbonyl (C=O) groups excluding carboxylic acids is 2. The Morgan fingerprint density at radius 1 is 0.731 bits per heavy atom. The Balaban J connectivity index is 2.04. The van der Waals surface area contributed by atoms with Gasteiger partial charge in [-0.1, -0.05) is 27.7 Å². The second kappa shape index (κ2) is 6.85. The summed E-state index contributed by atoms with van der Waals surface area (Å²) in [5.41, 5.74) is 2.96. The zero-order valence-corrected chi connectivity index (χ0v) is 16.1. The lowest BCUT2D eigenvalue weighted by molar-refractivity contribution is 0.0614. The molecule has 2 aromatic rings. The molecule has 0 saturated carbocycles. The first-order valence-electron chi connectivity index (χ1n) is 8.90. The molecule has 1 aliphatic carbocycles. The maximum Gasteiger partial charge on any atom is 0.212 e. The minimum atomic E-state index is -0.200. The smallest absolute Gasteiger partial charge is 0.212 e. The van der Waals surface area contributed by atoms with Crippen LogP contribution in [0.5, 0.6) is 0 Å². The largest absolute Gasteiger partial charge is 0.375 e. The number of carbonyl (C=O) groups is 2. The minimum Gasteiger partial charge on any atom is -0.375 e. The third-order valence-electron chi connectivity index (χ3n) is 4.95. The molecule has 6 heteroatoms. The van der Waals surface area contributed by atoms with Crippen LogP contribution in [0.2, 0.25) is 0 Å². The molecule has 0 radical (unpaired) electrons. The number of ether oxygens (including phenoxy) is 2. The third kappa shape index (κ3) is 2.83. The van der Waals surface area contributed by atoms with E-state index >= 15 is 0 Å². The van der Waals surface area contributed by atoms with Crippen molar-refractivity contribution in [2.45, 2.75) is 39.9 Å². The lowest BCUT2D eigenvalue weighted by atomic mass is 9.93. The van der Waals surface area contributed by atoms with Crippen molar-refractivity contribution >= 4 is 11.6 Å². The van der Waals surface area contributed by atoms with Gasteiger partial charge in [-0.3, -0.25) is 9.59 Å². The summed E-state index contributed by atoms with van der Waals surface area (Å²) < 4.78 is 11.0. The molecule has 3 rings (SSSR count). The molecule has 2 N–H and O–H groups in total. The van der Waals surface area contributed by atoms with Gasteiger partial charge in [0.25, 0.3) is 0 Å². The lowest BCUT2D eigenvalue weighted by Crippen LogP contribution is -2.19. The van der Waals surface area contributed by atoms with Crippen LogP contribution in [-0.2, 0) is 9.47 Å². The number of nitrogens with one attached hydrogen (secondary N) is 2. The van der Waals surface area contributed by atoms with E-state index in [1.165, 1.54) is 0 Å². The molecule has 0 aromatic carbocycles. The van der Waals surface area contributed by atoms with Gasteiger partial charge in [0, 0.05) is 25.6 Å². The molecule has 1 aliphatic rings. The number of aromatic nitrogens is 2. The van der Waals surface area contributed by atoms with Gasteiger partial charge >= 0.3 is 0 Å². The second-order valence-electron chi connectivity index (χ2n) is 7.49. The van der Waals surface area contributed by atoms with Crippen LogP contribution in [0.3, 0.4) is 0 Å². The number of methoxy groups -OCH3 is 2. The van der Waals surface area contributed by atoms with Crippen LogP contribution >= 0.6 is 0 Å². The maximum atomic E-state index is 13.0. The van der Waals surface area contributed by atoms with Crippen molar-refractivity contribution in [2.75, 3.05) is 14.2 Å². The molecule has 0 saturated heterocycles. The maximum absolute atomic E-state index is 13.0. The summed E-state index contributed by atoms with van der Waals surface area (Å²) in [6.45, 7) is 8.12. The fourth-order valence-corrected chi connectivity index (χ4v) is 3.76. The minimum absolute atomic E-state index is 0.180. The van der Waals surface area contributed by atoms with Gasteiger partial charge in [0.2, 0.25) is 11.6 Å². The van der Waals surface area contributed by atoms with Crippen molar-refractivity contribution in [3.63, 3.8) is 0 Å². The summed E-state index contributed by atoms with van der Waals surface area (Å²) in [7, 11) is 3.25. The molecule has 2 heterocycles. The quantitative estimate of drug-likeness (QED) is 0.702. The van der Waals surface area contributed by atoms with Crippen LogP contribution in [0.1, 0.15) is 83.4 Å². The van der Waals surface area contributed by atoms with Crippen molar-refractivity contribution in [3.8, 4) is 0 Å². The van der Waals surface area contributed by atoms with E-state index in [-0.39, 0.29) is 35.6 Å². The monoisotopic (exact) mass is 358 g/mol. The Hall–Kier alpha value is -2.18. The number of fused-ring (bicyclic) bond motifs is 2. The van der Waals surface area contributed by atoms with Crippen LogP contribution < -0.4 is 0 Å². The summed E-state index contributed by atoms with van der Waals surface area (Å²) >= 11 is 0. The van der Waals surface area contributed by atoms with Gasteiger partial charge < -0.3 is 19.4 Å². The first-order chi connectivity index (χ1) is 12.3. The van der Waals surface area contributed by atoms with Crippen LogP contribution in [-0.4, -0.2) is 35.8 Å². The zero-order valence-electron chi connectivity index (χ0n) is 16.1. The molecule has 6 nitrogen and oxygen atoms in total. The second-order valence-corrected chi connectivity index (χ2v) is 7.49. The summed E-state index contributed by atoms with van der Waals surface area (Å²) in [6.07, 6.45) is -0.400. The van der Waals surface area contributed by atoms with Crippen molar-refractivity contribution in [1.82, 2.24) is 9.97 Å². The number of rotatable bonds is 6. The van der Waals surface area contributed by atoms with Gasteiger partial charge in [-0.15, -0.1) is 0 Å². The van der Waals surface area contributed by atoms with Crippen LogP contribution in [0.15, 0.2) is 12.1 Å². The van der Waals surface area contributed by atoms with Gasteiger partial charge in [0.15, 0.2) is 0 Å². The summed E-state index contributed by atoms with van der Waals surface area (Å²) in [4.78, 5) is 32.2. The number of hydrogen-bond acceptors (Lipinski definition) is 4. The number of hydrogen-bond donors (Lipinski definition) is 2. The predicted octanol–water partition coefficient (Wildman–Crippen LogP) is 3.81. The fraction of sp³-hybridized carbons (Fsp3) is 0.500. The average molecular weight is 358 g/mol. The molecule has 0 amide bonds. The van der Waals surface area contributed by atoms with E-state index < -0.39 is 0 Å². The fourth-order valence-electron chi connectivity index (χ4n) is 3.76. The highest BCUT2D eigenvalue weighted by molar-refractivity contribution is 6.27. The van der Waals surface area contributed by atoms with E-state index in [2.05, 4.69) is 9.97 Å². The number of ketones is 2. The third-order valence-corrected chi connectivity index (χ3v) is 4.95. The highest BCUT2D eigenvalue weighted by Crippen LogP contribution is 2.34. The SMILES string of the molecule is CO[C@H](c1cc2c([nH]1)C(=O)c1cc([C@H](OC)C(C)C)[nH]c1C2=O)C(C)C. The molecular weight excluding hydrogens is 332 g/mol. The molecule has 0 unspecified atom stereocenters. The predicted molar refractivity (Wildman–Crippen MR) is 97.6 cm³/mol. The molecule has 0 spiro atoms.